The Kier molecular flexibility index (Phi) is 1.19. The van der Waals surface area contributed by atoms with Crippen LogP contribution in [0.15, 0.2) is 9.59 Å². The van der Waals surface area contributed by atoms with Gasteiger partial charge in [0.25, 0.3) is 5.56 Å². The van der Waals surface area contributed by atoms with Gasteiger partial charge in [-0.05, 0) is 0 Å². The summed E-state index contributed by atoms with van der Waals surface area (Å²) in [4.78, 5) is 26.1. The van der Waals surface area contributed by atoms with Gasteiger partial charge in [-0.15, -0.1) is 0 Å². The van der Waals surface area contributed by atoms with E-state index in [2.05, 4.69) is 19.4 Å². The van der Waals surface area contributed by atoms with E-state index in [-0.39, 0.29) is 0 Å². The number of aromatic amines is 2. The monoisotopic (exact) mass is 172 g/mol. The lowest BCUT2D eigenvalue weighted by Gasteiger charge is -1.91. The minimum Gasteiger partial charge on any atom is -0.304 e. The Balaban J connectivity index is 2.80. The smallest absolute Gasteiger partial charge is 0.304 e. The summed E-state index contributed by atoms with van der Waals surface area (Å²) in [5, 5.41) is 0. The number of hydrogen-bond donors (Lipinski definition) is 4. The van der Waals surface area contributed by atoms with Gasteiger partial charge in [-0.3, -0.25) is 19.5 Å². The molecule has 7 heteroatoms. The van der Waals surface area contributed by atoms with E-state index >= 15 is 0 Å². The van der Waals surface area contributed by atoms with Crippen LogP contribution >= 0.6 is 12.1 Å². The average Bonchev–Trinajstić information content (AvgIpc) is 2.34. The number of hydrogen-bond acceptors (Lipinski definition) is 5. The van der Waals surface area contributed by atoms with Gasteiger partial charge in [0.05, 0.1) is 12.1 Å². The topological polar surface area (TPSA) is 89.8 Å². The van der Waals surface area contributed by atoms with Gasteiger partial charge in [0, 0.05) is 0 Å². The van der Waals surface area contributed by atoms with Crippen molar-refractivity contribution < 1.29 is 0 Å². The Labute approximate surface area is 64.7 Å². The van der Waals surface area contributed by atoms with Crippen LogP contribution in [-0.2, 0) is 0 Å². The van der Waals surface area contributed by atoms with E-state index in [1.165, 1.54) is 0 Å². The fourth-order valence-corrected chi connectivity index (χ4v) is 1.39. The molecule has 1 aliphatic rings. The average molecular weight is 172 g/mol. The van der Waals surface area contributed by atoms with Gasteiger partial charge < -0.3 is 4.72 Å². The molecule has 2 rings (SSSR count). The van der Waals surface area contributed by atoms with E-state index in [0.29, 0.717) is 11.5 Å². The minimum atomic E-state index is -0.509. The maximum atomic E-state index is 10.9. The van der Waals surface area contributed by atoms with Crippen molar-refractivity contribution in [1.29, 1.82) is 0 Å². The molecular formula is C4H4N4O2S. The maximum Gasteiger partial charge on any atom is 0.327 e. The highest BCUT2D eigenvalue weighted by atomic mass is 32.2. The van der Waals surface area contributed by atoms with Crippen molar-refractivity contribution in [2.75, 3.05) is 9.44 Å². The molecule has 0 radical (unpaired) electrons. The summed E-state index contributed by atoms with van der Waals surface area (Å²) in [6, 6.07) is 0. The molecule has 0 atom stereocenters. The third kappa shape index (κ3) is 0.891. The van der Waals surface area contributed by atoms with E-state index < -0.39 is 11.2 Å². The molecule has 0 aromatic carbocycles. The minimum absolute atomic E-state index is 0.356. The Morgan fingerprint density at radius 2 is 1.91 bits per heavy atom. The fourth-order valence-electron chi connectivity index (χ4n) is 0.788. The van der Waals surface area contributed by atoms with Crippen LogP contribution in [0.3, 0.4) is 0 Å². The standard InChI is InChI=1S/C4H4N4O2S/c9-3-1-2(8-11-7-1)5-4(10)6-3/h7H,(H3,5,6,8,9,10). The number of aromatic nitrogens is 2. The van der Waals surface area contributed by atoms with E-state index in [1.54, 1.807) is 0 Å². The van der Waals surface area contributed by atoms with Gasteiger partial charge in [-0.1, -0.05) is 0 Å². The largest absolute Gasteiger partial charge is 0.327 e. The summed E-state index contributed by atoms with van der Waals surface area (Å²) < 4.78 is 5.40. The van der Waals surface area contributed by atoms with E-state index in [1.807, 2.05) is 0 Å². The molecule has 0 saturated heterocycles. The van der Waals surface area contributed by atoms with Crippen LogP contribution in [0.2, 0.25) is 0 Å². The van der Waals surface area contributed by atoms with E-state index in [4.69, 9.17) is 0 Å². The summed E-state index contributed by atoms with van der Waals surface area (Å²) in [7, 11) is 0. The zero-order chi connectivity index (χ0) is 7.84. The molecule has 58 valence electrons. The number of fused-ring (bicyclic) bond motifs is 1. The summed E-state index contributed by atoms with van der Waals surface area (Å²) in [5.41, 5.74) is -0.568. The first kappa shape index (κ1) is 6.35. The molecule has 0 fully saturated rings. The molecule has 0 unspecified atom stereocenters. The Hall–Kier alpha value is -1.37. The fraction of sp³-hybridized carbons (Fsp3) is 0. The molecule has 2 heterocycles. The number of rotatable bonds is 0. The van der Waals surface area contributed by atoms with Crippen molar-refractivity contribution in [3.05, 3.63) is 20.8 Å². The lowest BCUT2D eigenvalue weighted by molar-refractivity contribution is 1.05. The summed E-state index contributed by atoms with van der Waals surface area (Å²) >= 11 is 1.14. The van der Waals surface area contributed by atoms with Crippen LogP contribution < -0.4 is 20.7 Å². The first-order valence-corrected chi connectivity index (χ1v) is 3.63. The highest BCUT2D eigenvalue weighted by Crippen LogP contribution is 2.24. The molecule has 11 heavy (non-hydrogen) atoms. The molecule has 0 spiro atoms. The van der Waals surface area contributed by atoms with Crippen LogP contribution in [0.25, 0.3) is 0 Å². The second-order valence-electron chi connectivity index (χ2n) is 1.96. The lowest BCUT2D eigenvalue weighted by atomic mass is 10.5. The second kappa shape index (κ2) is 2.06. The van der Waals surface area contributed by atoms with E-state index in [9.17, 15) is 9.59 Å². The molecule has 0 aliphatic carbocycles. The summed E-state index contributed by atoms with van der Waals surface area (Å²) in [6.07, 6.45) is 0. The lowest BCUT2D eigenvalue weighted by Crippen LogP contribution is -2.22. The third-order valence-electron chi connectivity index (χ3n) is 1.25. The molecule has 4 N–H and O–H groups in total. The van der Waals surface area contributed by atoms with Crippen molar-refractivity contribution in [3.63, 3.8) is 0 Å². The van der Waals surface area contributed by atoms with Gasteiger partial charge in [0.2, 0.25) is 0 Å². The normalized spacial score (nSPS) is 13.5. The number of H-pyrrole nitrogens is 2. The van der Waals surface area contributed by atoms with Crippen molar-refractivity contribution in [2.45, 2.75) is 0 Å². The molecule has 1 aromatic rings. The predicted octanol–water partition coefficient (Wildman–Crippen LogP) is -0.536. The van der Waals surface area contributed by atoms with Crippen LogP contribution in [0.4, 0.5) is 11.5 Å². The zero-order valence-electron chi connectivity index (χ0n) is 5.22. The summed E-state index contributed by atoms with van der Waals surface area (Å²) in [6.45, 7) is 0. The quantitative estimate of drug-likeness (QED) is 0.395. The zero-order valence-corrected chi connectivity index (χ0v) is 6.04. The van der Waals surface area contributed by atoms with Crippen molar-refractivity contribution in [3.8, 4) is 0 Å². The van der Waals surface area contributed by atoms with Gasteiger partial charge in [0.15, 0.2) is 5.69 Å². The number of nitrogens with one attached hydrogen (secondary N) is 4. The van der Waals surface area contributed by atoms with Gasteiger partial charge in [-0.25, -0.2) is 4.79 Å². The number of anilines is 2. The van der Waals surface area contributed by atoms with Gasteiger partial charge in [0.1, 0.15) is 5.82 Å². The van der Waals surface area contributed by atoms with Gasteiger partial charge in [-0.2, -0.15) is 0 Å². The van der Waals surface area contributed by atoms with Crippen LogP contribution in [0.5, 0.6) is 0 Å². The second-order valence-corrected chi connectivity index (χ2v) is 2.58. The third-order valence-corrected chi connectivity index (χ3v) is 1.86. The summed E-state index contributed by atoms with van der Waals surface area (Å²) in [5.74, 6) is 0.420. The molecule has 1 aromatic heterocycles. The highest BCUT2D eigenvalue weighted by molar-refractivity contribution is 8.02. The Bertz CT molecular complexity index is 394. The molecule has 0 amide bonds. The SMILES string of the molecule is O=c1[nH]c2c(c(=O)[nH]1)NSN2. The van der Waals surface area contributed by atoms with Crippen LogP contribution in [0.1, 0.15) is 0 Å². The van der Waals surface area contributed by atoms with E-state index in [0.717, 1.165) is 12.1 Å². The maximum absolute atomic E-state index is 10.9. The van der Waals surface area contributed by atoms with Crippen molar-refractivity contribution >= 4 is 23.6 Å². The molecule has 6 nitrogen and oxygen atoms in total. The van der Waals surface area contributed by atoms with Crippen molar-refractivity contribution in [2.24, 2.45) is 0 Å². The first-order chi connectivity index (χ1) is 5.27. The van der Waals surface area contributed by atoms with Crippen LogP contribution in [0, 0.1) is 0 Å². The Morgan fingerprint density at radius 3 is 2.73 bits per heavy atom. The Morgan fingerprint density at radius 1 is 1.09 bits per heavy atom. The first-order valence-electron chi connectivity index (χ1n) is 2.82. The molecular weight excluding hydrogens is 168 g/mol. The van der Waals surface area contributed by atoms with Crippen molar-refractivity contribution in [1.82, 2.24) is 9.97 Å². The highest BCUT2D eigenvalue weighted by Gasteiger charge is 2.14. The molecule has 0 bridgehead atoms. The predicted molar refractivity (Wildman–Crippen MR) is 42.5 cm³/mol. The molecule has 1 aliphatic heterocycles. The molecule has 0 saturated carbocycles. The van der Waals surface area contributed by atoms with Gasteiger partial charge >= 0.3 is 5.69 Å². The van der Waals surface area contributed by atoms with Crippen LogP contribution in [-0.4, -0.2) is 9.97 Å².